The van der Waals surface area contributed by atoms with Gasteiger partial charge in [0.15, 0.2) is 0 Å². The third kappa shape index (κ3) is 3.74. The number of hydrogen-bond donors (Lipinski definition) is 1. The van der Waals surface area contributed by atoms with E-state index < -0.39 is 29.2 Å². The summed E-state index contributed by atoms with van der Waals surface area (Å²) in [6.45, 7) is 11.8. The van der Waals surface area contributed by atoms with Gasteiger partial charge in [-0.15, -0.1) is 0 Å². The minimum Gasteiger partial charge on any atom is -0.478 e. The number of hydrogen-bond acceptors (Lipinski definition) is 2. The second kappa shape index (κ2) is 6.32. The van der Waals surface area contributed by atoms with Gasteiger partial charge in [-0.25, -0.2) is 4.79 Å². The van der Waals surface area contributed by atoms with E-state index in [2.05, 4.69) is 0 Å². The molecule has 2 rings (SSSR count). The molecule has 3 nitrogen and oxygen atoms in total. The Hall–Kier alpha value is -1.98. The second-order valence-corrected chi connectivity index (χ2v) is 8.37. The highest BCUT2D eigenvalue weighted by atomic mass is 19.4. The lowest BCUT2D eigenvalue weighted by Crippen LogP contribution is -2.41. The number of carboxylic acids is 1. The van der Waals surface area contributed by atoms with Crippen LogP contribution in [0.1, 0.15) is 64.7 Å². The molecule has 1 aromatic rings. The molecular formula is C20H25F3O3. The van der Waals surface area contributed by atoms with Crippen molar-refractivity contribution < 1.29 is 27.8 Å². The van der Waals surface area contributed by atoms with Gasteiger partial charge in [-0.2, -0.15) is 13.2 Å². The van der Waals surface area contributed by atoms with E-state index in [4.69, 9.17) is 4.74 Å². The number of aliphatic carboxylic acids is 1. The van der Waals surface area contributed by atoms with Crippen molar-refractivity contribution in [3.63, 3.8) is 0 Å². The molecule has 1 aromatic carbocycles. The summed E-state index contributed by atoms with van der Waals surface area (Å²) < 4.78 is 45.5. The molecule has 0 spiro atoms. The first-order valence-corrected chi connectivity index (χ1v) is 8.55. The van der Waals surface area contributed by atoms with Crippen LogP contribution in [0.5, 0.6) is 5.75 Å². The molecule has 0 aliphatic carbocycles. The predicted molar refractivity (Wildman–Crippen MR) is 94.5 cm³/mol. The molecular weight excluding hydrogens is 345 g/mol. The van der Waals surface area contributed by atoms with Gasteiger partial charge in [0.1, 0.15) is 5.75 Å². The zero-order valence-corrected chi connectivity index (χ0v) is 15.9. The molecule has 1 unspecified atom stereocenters. The fraction of sp³-hybridized carbons (Fsp3) is 0.550. The fourth-order valence-corrected chi connectivity index (χ4v) is 2.86. The summed E-state index contributed by atoms with van der Waals surface area (Å²) in [6.07, 6.45) is -5.48. The van der Waals surface area contributed by atoms with Crippen LogP contribution in [-0.2, 0) is 15.6 Å². The van der Waals surface area contributed by atoms with Crippen LogP contribution in [-0.4, -0.2) is 23.4 Å². The quantitative estimate of drug-likeness (QED) is 0.768. The third-order valence-corrected chi connectivity index (χ3v) is 4.97. The summed E-state index contributed by atoms with van der Waals surface area (Å²) in [6, 6.07) is 3.61. The molecule has 1 N–H and O–H groups in total. The molecule has 1 heterocycles. The Balaban J connectivity index is 2.81. The molecule has 6 heteroatoms. The average Bonchev–Trinajstić information content (AvgIpc) is 2.50. The number of rotatable bonds is 3. The molecule has 1 aliphatic rings. The molecule has 0 saturated carbocycles. The number of benzene rings is 1. The Kier molecular flexibility index (Phi) is 4.94. The van der Waals surface area contributed by atoms with E-state index in [9.17, 15) is 23.1 Å². The van der Waals surface area contributed by atoms with Gasteiger partial charge in [0.05, 0.1) is 5.57 Å². The molecule has 0 radical (unpaired) electrons. The molecule has 0 amide bonds. The topological polar surface area (TPSA) is 46.5 Å². The van der Waals surface area contributed by atoms with Crippen molar-refractivity contribution in [3.05, 3.63) is 34.4 Å². The van der Waals surface area contributed by atoms with E-state index in [0.717, 1.165) is 11.6 Å². The number of carbonyl (C=O) groups is 1. The normalized spacial score (nSPS) is 18.0. The van der Waals surface area contributed by atoms with Crippen LogP contribution < -0.4 is 4.74 Å². The van der Waals surface area contributed by atoms with Crippen LogP contribution in [0.4, 0.5) is 13.2 Å². The van der Waals surface area contributed by atoms with E-state index in [1.165, 1.54) is 0 Å². The number of carboxylic acid groups (broad SMARTS) is 1. The SMILES string of the molecule is CCC(C)(C)c1cc(C(C)(C)C)cc2c1OC(C(F)(F)F)C(C(=O)O)=C2. The lowest BCUT2D eigenvalue weighted by Gasteiger charge is -2.34. The Morgan fingerprint density at radius 3 is 2.15 bits per heavy atom. The van der Waals surface area contributed by atoms with Gasteiger partial charge in [-0.3, -0.25) is 0 Å². The average molecular weight is 370 g/mol. The van der Waals surface area contributed by atoms with Crippen molar-refractivity contribution in [3.8, 4) is 5.75 Å². The smallest absolute Gasteiger partial charge is 0.430 e. The number of fused-ring (bicyclic) bond motifs is 1. The van der Waals surface area contributed by atoms with Gasteiger partial charge in [0, 0.05) is 11.1 Å². The Labute approximate surface area is 151 Å². The standard InChI is InChI=1S/C20H25F3O3/c1-7-19(5,6)14-10-12(18(2,3)4)8-11-9-13(17(24)25)16(20(21,22)23)26-15(11)14/h8-10,16H,7H2,1-6H3,(H,24,25). The first kappa shape index (κ1) is 20.3. The first-order chi connectivity index (χ1) is 11.7. The van der Waals surface area contributed by atoms with Gasteiger partial charge in [0.2, 0.25) is 6.10 Å². The van der Waals surface area contributed by atoms with Crippen molar-refractivity contribution in [1.82, 2.24) is 0 Å². The number of halogens is 3. The molecule has 144 valence electrons. The Morgan fingerprint density at radius 1 is 1.15 bits per heavy atom. The van der Waals surface area contributed by atoms with Crippen LogP contribution in [0.2, 0.25) is 0 Å². The highest BCUT2D eigenvalue weighted by Crippen LogP contribution is 2.45. The van der Waals surface area contributed by atoms with E-state index in [0.29, 0.717) is 17.5 Å². The maximum atomic E-state index is 13.4. The molecule has 1 atom stereocenters. The maximum Gasteiger partial charge on any atom is 0.430 e. The maximum absolute atomic E-state index is 13.4. The van der Waals surface area contributed by atoms with Crippen molar-refractivity contribution >= 4 is 12.0 Å². The van der Waals surface area contributed by atoms with Crippen LogP contribution in [0.25, 0.3) is 6.08 Å². The fourth-order valence-electron chi connectivity index (χ4n) is 2.86. The van der Waals surface area contributed by atoms with E-state index in [-0.39, 0.29) is 11.2 Å². The molecule has 0 saturated heterocycles. The van der Waals surface area contributed by atoms with Gasteiger partial charge in [-0.05, 0) is 35.0 Å². The minimum atomic E-state index is -4.81. The summed E-state index contributed by atoms with van der Waals surface area (Å²) in [7, 11) is 0. The van der Waals surface area contributed by atoms with E-state index in [1.54, 1.807) is 6.07 Å². The zero-order valence-electron chi connectivity index (χ0n) is 15.9. The summed E-state index contributed by atoms with van der Waals surface area (Å²) in [5.41, 5.74) is 0.505. The zero-order chi connectivity index (χ0) is 20.1. The molecule has 0 aromatic heterocycles. The molecule has 26 heavy (non-hydrogen) atoms. The van der Waals surface area contributed by atoms with Crippen molar-refractivity contribution in [2.75, 3.05) is 0 Å². The molecule has 1 aliphatic heterocycles. The molecule has 0 bridgehead atoms. The number of alkyl halides is 3. The lowest BCUT2D eigenvalue weighted by atomic mass is 9.76. The predicted octanol–water partition coefficient (Wildman–Crippen LogP) is 5.46. The van der Waals surface area contributed by atoms with Crippen LogP contribution in [0.15, 0.2) is 17.7 Å². The van der Waals surface area contributed by atoms with E-state index in [1.807, 2.05) is 47.6 Å². The van der Waals surface area contributed by atoms with Gasteiger partial charge in [-0.1, -0.05) is 47.6 Å². The summed E-state index contributed by atoms with van der Waals surface area (Å²) in [4.78, 5) is 11.4. The highest BCUT2D eigenvalue weighted by Gasteiger charge is 2.49. The second-order valence-electron chi connectivity index (χ2n) is 8.37. The highest BCUT2D eigenvalue weighted by molar-refractivity contribution is 5.95. The van der Waals surface area contributed by atoms with Crippen molar-refractivity contribution in [1.29, 1.82) is 0 Å². The van der Waals surface area contributed by atoms with E-state index >= 15 is 0 Å². The summed E-state index contributed by atoms with van der Waals surface area (Å²) in [5, 5.41) is 9.25. The lowest BCUT2D eigenvalue weighted by molar-refractivity contribution is -0.187. The van der Waals surface area contributed by atoms with Gasteiger partial charge in [0.25, 0.3) is 0 Å². The largest absolute Gasteiger partial charge is 0.478 e. The van der Waals surface area contributed by atoms with Crippen LogP contribution in [0.3, 0.4) is 0 Å². The van der Waals surface area contributed by atoms with Crippen LogP contribution in [0, 0.1) is 0 Å². The monoisotopic (exact) mass is 370 g/mol. The van der Waals surface area contributed by atoms with Crippen molar-refractivity contribution in [2.45, 2.75) is 71.1 Å². The Morgan fingerprint density at radius 2 is 1.73 bits per heavy atom. The third-order valence-electron chi connectivity index (χ3n) is 4.97. The van der Waals surface area contributed by atoms with Gasteiger partial charge >= 0.3 is 12.1 Å². The first-order valence-electron chi connectivity index (χ1n) is 8.55. The summed E-state index contributed by atoms with van der Waals surface area (Å²) >= 11 is 0. The summed E-state index contributed by atoms with van der Waals surface area (Å²) in [5.74, 6) is -1.51. The number of ether oxygens (including phenoxy) is 1. The van der Waals surface area contributed by atoms with Gasteiger partial charge < -0.3 is 9.84 Å². The Bertz CT molecular complexity index is 753. The molecule has 0 fully saturated rings. The van der Waals surface area contributed by atoms with Crippen LogP contribution >= 0.6 is 0 Å². The van der Waals surface area contributed by atoms with Crippen molar-refractivity contribution in [2.24, 2.45) is 0 Å². The minimum absolute atomic E-state index is 0.122.